The Balaban J connectivity index is 2.38. The van der Waals surface area contributed by atoms with Crippen LogP contribution in [0.2, 0.25) is 0 Å². The van der Waals surface area contributed by atoms with Crippen LogP contribution < -0.4 is 0 Å². The number of nitrogens with zero attached hydrogens (tertiary/aromatic N) is 1. The van der Waals surface area contributed by atoms with Gasteiger partial charge in [-0.1, -0.05) is 6.92 Å². The summed E-state index contributed by atoms with van der Waals surface area (Å²) in [5.41, 5.74) is 0. The van der Waals surface area contributed by atoms with Crippen LogP contribution in [0.4, 0.5) is 0 Å². The van der Waals surface area contributed by atoms with Crippen LogP contribution in [-0.4, -0.2) is 38.1 Å². The molecule has 1 unspecified atom stereocenters. The second-order valence-electron chi connectivity index (χ2n) is 3.25. The molecule has 3 nitrogen and oxygen atoms in total. The van der Waals surface area contributed by atoms with E-state index in [4.69, 9.17) is 4.74 Å². The molecule has 0 aliphatic carbocycles. The van der Waals surface area contributed by atoms with Gasteiger partial charge in [-0.05, 0) is 5.92 Å². The van der Waals surface area contributed by atoms with Gasteiger partial charge in [0.15, 0.2) is 0 Å². The zero-order valence-electron chi connectivity index (χ0n) is 7.12. The molecule has 0 radical (unpaired) electrons. The molecule has 0 saturated carbocycles. The van der Waals surface area contributed by atoms with Gasteiger partial charge in [-0.2, -0.15) is 0 Å². The van der Waals surface area contributed by atoms with Gasteiger partial charge in [-0.3, -0.25) is 4.79 Å². The predicted molar refractivity (Wildman–Crippen MR) is 42.2 cm³/mol. The molecule has 0 aromatic heterocycles. The van der Waals surface area contributed by atoms with Crippen molar-refractivity contribution in [2.75, 3.05) is 26.8 Å². The first-order chi connectivity index (χ1) is 5.27. The molecule has 1 amide bonds. The molecule has 1 aliphatic heterocycles. The van der Waals surface area contributed by atoms with Crippen LogP contribution in [0.25, 0.3) is 0 Å². The van der Waals surface area contributed by atoms with E-state index in [-0.39, 0.29) is 0 Å². The summed E-state index contributed by atoms with van der Waals surface area (Å²) < 4.78 is 5.05. The van der Waals surface area contributed by atoms with E-state index < -0.39 is 0 Å². The maximum absolute atomic E-state index is 10.4. The molecular formula is C8H15NO2. The van der Waals surface area contributed by atoms with Crippen molar-refractivity contribution in [3.05, 3.63) is 0 Å². The van der Waals surface area contributed by atoms with Crippen LogP contribution in [0.3, 0.4) is 0 Å². The van der Waals surface area contributed by atoms with E-state index in [1.54, 1.807) is 7.11 Å². The van der Waals surface area contributed by atoms with Crippen molar-refractivity contribution >= 4 is 6.41 Å². The van der Waals surface area contributed by atoms with Gasteiger partial charge in [-0.25, -0.2) is 0 Å². The second kappa shape index (κ2) is 3.72. The highest BCUT2D eigenvalue weighted by atomic mass is 16.5. The standard InChI is InChI=1S/C8H15NO2/c1-7-3-9(6-10)4-8(7)5-11-2/h6-8H,3-5H2,1-2H3/t7-,8?/m1/s1. The van der Waals surface area contributed by atoms with Crippen molar-refractivity contribution in [1.82, 2.24) is 4.90 Å². The van der Waals surface area contributed by atoms with Crippen LogP contribution in [0.15, 0.2) is 0 Å². The van der Waals surface area contributed by atoms with Gasteiger partial charge in [-0.15, -0.1) is 0 Å². The van der Waals surface area contributed by atoms with Crippen molar-refractivity contribution in [3.63, 3.8) is 0 Å². The summed E-state index contributed by atoms with van der Waals surface area (Å²) in [6.45, 7) is 4.68. The summed E-state index contributed by atoms with van der Waals surface area (Å²) in [4.78, 5) is 12.2. The minimum Gasteiger partial charge on any atom is -0.384 e. The Labute approximate surface area is 67.3 Å². The monoisotopic (exact) mass is 157 g/mol. The number of carbonyl (C=O) groups excluding carboxylic acids is 1. The Hall–Kier alpha value is -0.570. The molecule has 2 atom stereocenters. The predicted octanol–water partition coefficient (Wildman–Crippen LogP) is 0.357. The molecule has 1 aliphatic rings. The molecule has 64 valence electrons. The quantitative estimate of drug-likeness (QED) is 0.553. The van der Waals surface area contributed by atoms with Gasteiger partial charge in [0.1, 0.15) is 0 Å². The van der Waals surface area contributed by atoms with Crippen LogP contribution in [0.1, 0.15) is 6.92 Å². The Bertz CT molecular complexity index is 138. The van der Waals surface area contributed by atoms with Crippen LogP contribution in [0, 0.1) is 11.8 Å². The molecule has 0 aromatic carbocycles. The van der Waals surface area contributed by atoms with Gasteiger partial charge in [0, 0.05) is 26.1 Å². The topological polar surface area (TPSA) is 29.5 Å². The zero-order valence-corrected chi connectivity index (χ0v) is 7.12. The average Bonchev–Trinajstić information content (AvgIpc) is 2.33. The average molecular weight is 157 g/mol. The van der Waals surface area contributed by atoms with Gasteiger partial charge in [0.25, 0.3) is 0 Å². The molecule has 11 heavy (non-hydrogen) atoms. The molecule has 0 bridgehead atoms. The van der Waals surface area contributed by atoms with Crippen LogP contribution in [0.5, 0.6) is 0 Å². The number of hydrogen-bond acceptors (Lipinski definition) is 2. The molecule has 0 N–H and O–H groups in total. The number of likely N-dealkylation sites (tertiary alicyclic amines) is 1. The SMILES string of the molecule is COCC1CN(C=O)C[C@H]1C. The van der Waals surface area contributed by atoms with E-state index in [0.717, 1.165) is 26.1 Å². The van der Waals surface area contributed by atoms with E-state index in [2.05, 4.69) is 6.92 Å². The summed E-state index contributed by atoms with van der Waals surface area (Å²) in [5.74, 6) is 1.12. The fraction of sp³-hybridized carbons (Fsp3) is 0.875. The van der Waals surface area contributed by atoms with Crippen LogP contribution >= 0.6 is 0 Å². The first-order valence-corrected chi connectivity index (χ1v) is 3.96. The highest BCUT2D eigenvalue weighted by Gasteiger charge is 2.28. The van der Waals surface area contributed by atoms with Crippen molar-refractivity contribution in [1.29, 1.82) is 0 Å². The van der Waals surface area contributed by atoms with Crippen molar-refractivity contribution in [2.45, 2.75) is 6.92 Å². The minimum atomic E-state index is 0.533. The molecule has 0 aromatic rings. The minimum absolute atomic E-state index is 0.533. The molecular weight excluding hydrogens is 142 g/mol. The fourth-order valence-electron chi connectivity index (χ4n) is 1.59. The molecule has 1 fully saturated rings. The maximum atomic E-state index is 10.4. The second-order valence-corrected chi connectivity index (χ2v) is 3.25. The fourth-order valence-corrected chi connectivity index (χ4v) is 1.59. The van der Waals surface area contributed by atoms with Gasteiger partial charge in [0.05, 0.1) is 6.61 Å². The Morgan fingerprint density at radius 2 is 2.36 bits per heavy atom. The smallest absolute Gasteiger partial charge is 0.209 e. The van der Waals surface area contributed by atoms with Gasteiger partial charge in [0.2, 0.25) is 6.41 Å². The van der Waals surface area contributed by atoms with E-state index in [9.17, 15) is 4.79 Å². The lowest BCUT2D eigenvalue weighted by molar-refractivity contribution is -0.117. The Morgan fingerprint density at radius 3 is 2.82 bits per heavy atom. The molecule has 1 rings (SSSR count). The highest BCUT2D eigenvalue weighted by Crippen LogP contribution is 2.21. The number of methoxy groups -OCH3 is 1. The zero-order chi connectivity index (χ0) is 8.27. The summed E-state index contributed by atoms with van der Waals surface area (Å²) in [6, 6.07) is 0. The largest absolute Gasteiger partial charge is 0.384 e. The molecule has 1 saturated heterocycles. The summed E-state index contributed by atoms with van der Waals surface area (Å²) >= 11 is 0. The number of ether oxygens (including phenoxy) is 1. The summed E-state index contributed by atoms with van der Waals surface area (Å²) in [6.07, 6.45) is 0.923. The number of carbonyl (C=O) groups is 1. The third-order valence-corrected chi connectivity index (χ3v) is 2.33. The normalized spacial score (nSPS) is 30.9. The third-order valence-electron chi connectivity index (χ3n) is 2.33. The van der Waals surface area contributed by atoms with Gasteiger partial charge >= 0.3 is 0 Å². The first kappa shape index (κ1) is 8.53. The van der Waals surface area contributed by atoms with Crippen molar-refractivity contribution in [3.8, 4) is 0 Å². The number of amides is 1. The molecule has 1 heterocycles. The number of rotatable bonds is 3. The van der Waals surface area contributed by atoms with E-state index >= 15 is 0 Å². The lowest BCUT2D eigenvalue weighted by atomic mass is 10.00. The lowest BCUT2D eigenvalue weighted by Crippen LogP contribution is -2.19. The first-order valence-electron chi connectivity index (χ1n) is 3.96. The summed E-state index contributed by atoms with van der Waals surface area (Å²) in [7, 11) is 1.70. The Morgan fingerprint density at radius 1 is 1.64 bits per heavy atom. The van der Waals surface area contributed by atoms with E-state index in [0.29, 0.717) is 11.8 Å². The summed E-state index contributed by atoms with van der Waals surface area (Å²) in [5, 5.41) is 0. The number of hydrogen-bond donors (Lipinski definition) is 0. The van der Waals surface area contributed by atoms with Crippen molar-refractivity contribution in [2.24, 2.45) is 11.8 Å². The lowest BCUT2D eigenvalue weighted by Gasteiger charge is -2.11. The Kier molecular flexibility index (Phi) is 2.88. The highest BCUT2D eigenvalue weighted by molar-refractivity contribution is 5.47. The van der Waals surface area contributed by atoms with E-state index in [1.807, 2.05) is 4.90 Å². The molecule has 0 spiro atoms. The van der Waals surface area contributed by atoms with Crippen molar-refractivity contribution < 1.29 is 9.53 Å². The van der Waals surface area contributed by atoms with Crippen LogP contribution in [-0.2, 0) is 9.53 Å². The maximum Gasteiger partial charge on any atom is 0.209 e. The molecule has 3 heteroatoms. The van der Waals surface area contributed by atoms with E-state index in [1.165, 1.54) is 0 Å². The van der Waals surface area contributed by atoms with Gasteiger partial charge < -0.3 is 9.64 Å². The third kappa shape index (κ3) is 1.93.